The van der Waals surface area contributed by atoms with Crippen molar-refractivity contribution in [1.82, 2.24) is 14.9 Å². The van der Waals surface area contributed by atoms with Crippen molar-refractivity contribution in [3.05, 3.63) is 71.9 Å². The Hall–Kier alpha value is -3.21. The molecule has 0 radical (unpaired) electrons. The van der Waals surface area contributed by atoms with E-state index < -0.39 is 0 Å². The third-order valence-corrected chi connectivity index (χ3v) is 4.44. The number of nitrogens with zero attached hydrogens (tertiary/aromatic N) is 3. The third-order valence-electron chi connectivity index (χ3n) is 4.44. The van der Waals surface area contributed by atoms with Crippen LogP contribution in [0.4, 0.5) is 11.5 Å². The first kappa shape index (κ1) is 18.6. The summed E-state index contributed by atoms with van der Waals surface area (Å²) in [6.45, 7) is 7.24. The summed E-state index contributed by atoms with van der Waals surface area (Å²) in [6, 6.07) is 19.4. The number of amides is 1. The van der Waals surface area contributed by atoms with E-state index in [2.05, 4.69) is 15.3 Å². The van der Waals surface area contributed by atoms with Gasteiger partial charge in [-0.2, -0.15) is 0 Å². The molecule has 3 aromatic rings. The lowest BCUT2D eigenvalue weighted by molar-refractivity contribution is 0.0767. The maximum Gasteiger partial charge on any atom is 0.272 e. The molecule has 1 heterocycles. The lowest BCUT2D eigenvalue weighted by atomic mass is 10.2. The van der Waals surface area contributed by atoms with Crippen molar-refractivity contribution in [3.63, 3.8) is 0 Å². The predicted molar refractivity (Wildman–Crippen MR) is 109 cm³/mol. The Morgan fingerprint density at radius 3 is 2.30 bits per heavy atom. The van der Waals surface area contributed by atoms with Crippen molar-refractivity contribution in [2.24, 2.45) is 0 Å². The first-order valence-electron chi connectivity index (χ1n) is 9.18. The number of para-hydroxylation sites is 1. The summed E-state index contributed by atoms with van der Waals surface area (Å²) < 4.78 is 0. The van der Waals surface area contributed by atoms with Gasteiger partial charge in [0.25, 0.3) is 5.91 Å². The normalized spacial score (nSPS) is 10.5. The van der Waals surface area contributed by atoms with Crippen LogP contribution < -0.4 is 5.32 Å². The quantitative estimate of drug-likeness (QED) is 0.693. The summed E-state index contributed by atoms with van der Waals surface area (Å²) in [6.07, 6.45) is 0. The molecule has 0 aliphatic carbocycles. The highest BCUT2D eigenvalue weighted by Crippen LogP contribution is 2.23. The number of hydrogen-bond donors (Lipinski definition) is 1. The molecule has 0 spiro atoms. The number of anilines is 2. The molecule has 0 aliphatic heterocycles. The van der Waals surface area contributed by atoms with E-state index in [0.717, 1.165) is 16.8 Å². The van der Waals surface area contributed by atoms with Crippen LogP contribution in [-0.2, 0) is 0 Å². The van der Waals surface area contributed by atoms with Crippen LogP contribution in [0, 0.1) is 6.92 Å². The van der Waals surface area contributed by atoms with Crippen molar-refractivity contribution in [3.8, 4) is 11.4 Å². The molecular formula is C22H24N4O. The van der Waals surface area contributed by atoms with Crippen molar-refractivity contribution >= 4 is 17.4 Å². The molecule has 3 rings (SSSR count). The standard InChI is InChI=1S/C22H24N4O/c1-4-26(5-2)22(27)19-15-20(23-18-14-10-9-11-16(18)3)25-21(24-19)17-12-7-6-8-13-17/h6-15H,4-5H2,1-3H3,(H,23,24,25). The summed E-state index contributed by atoms with van der Waals surface area (Å²) in [7, 11) is 0. The summed E-state index contributed by atoms with van der Waals surface area (Å²) in [5.74, 6) is 1.05. The zero-order valence-electron chi connectivity index (χ0n) is 15.9. The van der Waals surface area contributed by atoms with E-state index in [0.29, 0.717) is 30.4 Å². The molecule has 0 saturated carbocycles. The first-order chi connectivity index (χ1) is 13.1. The molecule has 0 bridgehead atoms. The number of benzene rings is 2. The molecule has 0 aliphatic rings. The number of rotatable bonds is 6. The number of carbonyl (C=O) groups excluding carboxylic acids is 1. The Morgan fingerprint density at radius 2 is 1.63 bits per heavy atom. The Bertz CT molecular complexity index is 921. The molecule has 1 aromatic heterocycles. The molecule has 0 fully saturated rings. The van der Waals surface area contributed by atoms with Gasteiger partial charge in [-0.05, 0) is 32.4 Å². The van der Waals surface area contributed by atoms with Crippen LogP contribution in [0.1, 0.15) is 29.9 Å². The Labute approximate surface area is 160 Å². The number of aryl methyl sites for hydroxylation is 1. The molecule has 0 atom stereocenters. The van der Waals surface area contributed by atoms with E-state index in [-0.39, 0.29) is 5.91 Å². The molecule has 1 amide bonds. The van der Waals surface area contributed by atoms with Gasteiger partial charge in [0.05, 0.1) is 0 Å². The van der Waals surface area contributed by atoms with Gasteiger partial charge in [0.1, 0.15) is 11.5 Å². The minimum absolute atomic E-state index is 0.0904. The zero-order valence-corrected chi connectivity index (χ0v) is 15.9. The monoisotopic (exact) mass is 360 g/mol. The third kappa shape index (κ3) is 4.31. The second-order valence-corrected chi connectivity index (χ2v) is 6.25. The summed E-state index contributed by atoms with van der Waals surface area (Å²) >= 11 is 0. The average molecular weight is 360 g/mol. The summed E-state index contributed by atoms with van der Waals surface area (Å²) in [5, 5.41) is 3.33. The Kier molecular flexibility index (Phi) is 5.81. The van der Waals surface area contributed by atoms with Crippen molar-refractivity contribution in [2.75, 3.05) is 18.4 Å². The van der Waals surface area contributed by atoms with Crippen molar-refractivity contribution in [1.29, 1.82) is 0 Å². The molecule has 0 saturated heterocycles. The van der Waals surface area contributed by atoms with Gasteiger partial charge in [0, 0.05) is 30.4 Å². The topological polar surface area (TPSA) is 58.1 Å². The van der Waals surface area contributed by atoms with Crippen molar-refractivity contribution < 1.29 is 4.79 Å². The van der Waals surface area contributed by atoms with Gasteiger partial charge >= 0.3 is 0 Å². The molecular weight excluding hydrogens is 336 g/mol. The zero-order chi connectivity index (χ0) is 19.2. The van der Waals surface area contributed by atoms with Gasteiger partial charge in [-0.25, -0.2) is 9.97 Å². The lowest BCUT2D eigenvalue weighted by Gasteiger charge is -2.19. The molecule has 138 valence electrons. The molecule has 1 N–H and O–H groups in total. The van der Waals surface area contributed by atoms with E-state index >= 15 is 0 Å². The summed E-state index contributed by atoms with van der Waals surface area (Å²) in [4.78, 5) is 23.8. The highest BCUT2D eigenvalue weighted by Gasteiger charge is 2.17. The summed E-state index contributed by atoms with van der Waals surface area (Å²) in [5.41, 5.74) is 3.33. The fourth-order valence-corrected chi connectivity index (χ4v) is 2.86. The molecule has 2 aromatic carbocycles. The Morgan fingerprint density at radius 1 is 0.963 bits per heavy atom. The van der Waals surface area contributed by atoms with Gasteiger partial charge in [0.15, 0.2) is 5.82 Å². The van der Waals surface area contributed by atoms with E-state index in [1.165, 1.54) is 0 Å². The number of nitrogens with one attached hydrogen (secondary N) is 1. The van der Waals surface area contributed by atoms with Gasteiger partial charge in [-0.3, -0.25) is 4.79 Å². The molecule has 0 unspecified atom stereocenters. The first-order valence-corrected chi connectivity index (χ1v) is 9.18. The van der Waals surface area contributed by atoms with Gasteiger partial charge < -0.3 is 10.2 Å². The van der Waals surface area contributed by atoms with Crippen LogP contribution in [-0.4, -0.2) is 33.9 Å². The van der Waals surface area contributed by atoms with E-state index in [1.807, 2.05) is 75.4 Å². The van der Waals surface area contributed by atoms with Crippen LogP contribution in [0.5, 0.6) is 0 Å². The number of aromatic nitrogens is 2. The minimum Gasteiger partial charge on any atom is -0.340 e. The van der Waals surface area contributed by atoms with Crippen LogP contribution in [0.3, 0.4) is 0 Å². The highest BCUT2D eigenvalue weighted by atomic mass is 16.2. The molecule has 5 nitrogen and oxygen atoms in total. The largest absolute Gasteiger partial charge is 0.340 e. The van der Waals surface area contributed by atoms with E-state index in [1.54, 1.807) is 11.0 Å². The van der Waals surface area contributed by atoms with Crippen LogP contribution in [0.25, 0.3) is 11.4 Å². The minimum atomic E-state index is -0.0904. The molecule has 5 heteroatoms. The Balaban J connectivity index is 2.05. The van der Waals surface area contributed by atoms with Gasteiger partial charge in [-0.15, -0.1) is 0 Å². The fraction of sp³-hybridized carbons (Fsp3) is 0.227. The van der Waals surface area contributed by atoms with Gasteiger partial charge in [-0.1, -0.05) is 48.5 Å². The fourth-order valence-electron chi connectivity index (χ4n) is 2.86. The van der Waals surface area contributed by atoms with E-state index in [9.17, 15) is 4.79 Å². The van der Waals surface area contributed by atoms with Gasteiger partial charge in [0.2, 0.25) is 0 Å². The average Bonchev–Trinajstić information content (AvgIpc) is 2.71. The number of hydrogen-bond acceptors (Lipinski definition) is 4. The SMILES string of the molecule is CCN(CC)C(=O)c1cc(Nc2ccccc2C)nc(-c2ccccc2)n1. The smallest absolute Gasteiger partial charge is 0.272 e. The second-order valence-electron chi connectivity index (χ2n) is 6.25. The van der Waals surface area contributed by atoms with Crippen LogP contribution in [0.2, 0.25) is 0 Å². The number of carbonyl (C=O) groups is 1. The lowest BCUT2D eigenvalue weighted by Crippen LogP contribution is -2.31. The highest BCUT2D eigenvalue weighted by molar-refractivity contribution is 5.93. The second kappa shape index (κ2) is 8.45. The van der Waals surface area contributed by atoms with E-state index in [4.69, 9.17) is 0 Å². The maximum atomic E-state index is 12.9. The van der Waals surface area contributed by atoms with Crippen molar-refractivity contribution in [2.45, 2.75) is 20.8 Å². The predicted octanol–water partition coefficient (Wildman–Crippen LogP) is 4.68. The van der Waals surface area contributed by atoms with Crippen LogP contribution >= 0.6 is 0 Å². The maximum absolute atomic E-state index is 12.9. The van der Waals surface area contributed by atoms with Crippen LogP contribution in [0.15, 0.2) is 60.7 Å². The molecule has 27 heavy (non-hydrogen) atoms.